The maximum absolute atomic E-state index is 13.7. The normalized spacial score (nSPS) is 14.5. The Labute approximate surface area is 152 Å². The molecule has 2 aromatic rings. The summed E-state index contributed by atoms with van der Waals surface area (Å²) in [5, 5.41) is 6.52. The predicted octanol–water partition coefficient (Wildman–Crippen LogP) is 3.87. The van der Waals surface area contributed by atoms with Crippen molar-refractivity contribution >= 4 is 12.2 Å². The molecule has 2 aromatic carbocycles. The van der Waals surface area contributed by atoms with Crippen LogP contribution in [-0.2, 0) is 0 Å². The number of ether oxygens (including phenoxy) is 2. The van der Waals surface area contributed by atoms with E-state index in [1.807, 2.05) is 5.01 Å². The fourth-order valence-electron chi connectivity index (χ4n) is 2.77. The number of esters is 1. The van der Waals surface area contributed by atoms with Crippen molar-refractivity contribution in [3.05, 3.63) is 59.4 Å². The Morgan fingerprint density at radius 2 is 1.88 bits per heavy atom. The van der Waals surface area contributed by atoms with Gasteiger partial charge >= 0.3 is 5.97 Å². The molecule has 1 aliphatic rings. The molecule has 0 atom stereocenters. The highest BCUT2D eigenvalue weighted by Crippen LogP contribution is 2.28. The first-order chi connectivity index (χ1) is 12.7. The number of halogens is 1. The number of carbonyl (C=O) groups is 1. The van der Waals surface area contributed by atoms with Gasteiger partial charge in [-0.25, -0.2) is 9.18 Å². The van der Waals surface area contributed by atoms with E-state index >= 15 is 0 Å². The van der Waals surface area contributed by atoms with Gasteiger partial charge in [-0.2, -0.15) is 5.10 Å². The molecular weight excluding hydrogens is 335 g/mol. The fourth-order valence-corrected chi connectivity index (χ4v) is 2.77. The van der Waals surface area contributed by atoms with E-state index < -0.39 is 11.8 Å². The van der Waals surface area contributed by atoms with Gasteiger partial charge in [0.15, 0.2) is 11.5 Å². The molecule has 0 radical (unpaired) electrons. The molecule has 26 heavy (non-hydrogen) atoms. The van der Waals surface area contributed by atoms with Crippen LogP contribution >= 0.6 is 0 Å². The van der Waals surface area contributed by atoms with Gasteiger partial charge in [-0.3, -0.25) is 5.01 Å². The minimum absolute atomic E-state index is 0.120. The fraction of sp³-hybridized carbons (Fsp3) is 0.300. The molecule has 1 saturated heterocycles. The average molecular weight is 356 g/mol. The van der Waals surface area contributed by atoms with Crippen LogP contribution in [0.5, 0.6) is 11.5 Å². The second kappa shape index (κ2) is 8.47. The van der Waals surface area contributed by atoms with Crippen molar-refractivity contribution in [1.82, 2.24) is 5.01 Å². The molecule has 1 fully saturated rings. The quantitative estimate of drug-likeness (QED) is 0.464. The maximum atomic E-state index is 13.7. The molecule has 136 valence electrons. The van der Waals surface area contributed by atoms with Crippen LogP contribution in [0.2, 0.25) is 0 Å². The Morgan fingerprint density at radius 3 is 2.62 bits per heavy atom. The second-order valence-electron chi connectivity index (χ2n) is 6.04. The number of benzene rings is 2. The molecule has 0 aromatic heterocycles. The van der Waals surface area contributed by atoms with Crippen molar-refractivity contribution in [2.45, 2.75) is 19.3 Å². The Hall–Kier alpha value is -2.89. The lowest BCUT2D eigenvalue weighted by Crippen LogP contribution is -2.24. The number of hydrogen-bond donors (Lipinski definition) is 0. The van der Waals surface area contributed by atoms with Gasteiger partial charge in [-0.1, -0.05) is 12.1 Å². The lowest BCUT2D eigenvalue weighted by molar-refractivity contribution is 0.0725. The third-order valence-electron chi connectivity index (χ3n) is 4.19. The van der Waals surface area contributed by atoms with Crippen LogP contribution in [0.1, 0.15) is 35.2 Å². The van der Waals surface area contributed by atoms with E-state index in [0.29, 0.717) is 5.75 Å². The van der Waals surface area contributed by atoms with Crippen molar-refractivity contribution < 1.29 is 18.7 Å². The SMILES string of the molecule is COc1cc(/C=N/N2CCCCC2)ccc1OC(=O)c1ccccc1F. The number of carbonyl (C=O) groups excluding carboxylic acids is 1. The van der Waals surface area contributed by atoms with Gasteiger partial charge in [-0.05, 0) is 55.2 Å². The molecule has 0 N–H and O–H groups in total. The Kier molecular flexibility index (Phi) is 5.84. The van der Waals surface area contributed by atoms with Gasteiger partial charge < -0.3 is 9.47 Å². The highest BCUT2D eigenvalue weighted by molar-refractivity contribution is 5.92. The summed E-state index contributed by atoms with van der Waals surface area (Å²) in [7, 11) is 1.49. The third-order valence-corrected chi connectivity index (χ3v) is 4.19. The van der Waals surface area contributed by atoms with E-state index in [0.717, 1.165) is 31.5 Å². The summed E-state index contributed by atoms with van der Waals surface area (Å²) in [6.45, 7) is 1.93. The van der Waals surface area contributed by atoms with Crippen LogP contribution in [-0.4, -0.2) is 37.4 Å². The molecule has 0 bridgehead atoms. The minimum Gasteiger partial charge on any atom is -0.493 e. The first kappa shape index (κ1) is 17.9. The zero-order valence-corrected chi connectivity index (χ0v) is 14.7. The molecule has 1 heterocycles. The number of piperidine rings is 1. The molecule has 0 unspecified atom stereocenters. The molecule has 0 spiro atoms. The van der Waals surface area contributed by atoms with Gasteiger partial charge in [-0.15, -0.1) is 0 Å². The average Bonchev–Trinajstić information content (AvgIpc) is 2.68. The van der Waals surface area contributed by atoms with Crippen LogP contribution in [0.4, 0.5) is 4.39 Å². The molecule has 3 rings (SSSR count). The highest BCUT2D eigenvalue weighted by Gasteiger charge is 2.16. The summed E-state index contributed by atoms with van der Waals surface area (Å²) in [4.78, 5) is 12.2. The van der Waals surface area contributed by atoms with Crippen LogP contribution < -0.4 is 9.47 Å². The molecular formula is C20H21FN2O3. The molecule has 0 amide bonds. The lowest BCUT2D eigenvalue weighted by Gasteiger charge is -2.23. The van der Waals surface area contributed by atoms with Crippen molar-refractivity contribution in [3.8, 4) is 11.5 Å². The zero-order chi connectivity index (χ0) is 18.4. The van der Waals surface area contributed by atoms with Crippen molar-refractivity contribution in [3.63, 3.8) is 0 Å². The molecule has 1 aliphatic heterocycles. The summed E-state index contributed by atoms with van der Waals surface area (Å²) in [5.74, 6) is -0.772. The van der Waals surface area contributed by atoms with Crippen LogP contribution in [0.25, 0.3) is 0 Å². The van der Waals surface area contributed by atoms with Gasteiger partial charge in [0.1, 0.15) is 5.82 Å². The molecule has 0 aliphatic carbocycles. The number of rotatable bonds is 5. The van der Waals surface area contributed by atoms with E-state index in [1.165, 1.54) is 31.7 Å². The van der Waals surface area contributed by atoms with E-state index in [2.05, 4.69) is 5.10 Å². The second-order valence-corrected chi connectivity index (χ2v) is 6.04. The summed E-state index contributed by atoms with van der Waals surface area (Å²) < 4.78 is 24.3. The first-order valence-corrected chi connectivity index (χ1v) is 8.61. The van der Waals surface area contributed by atoms with Gasteiger partial charge in [0.2, 0.25) is 0 Å². The first-order valence-electron chi connectivity index (χ1n) is 8.61. The molecule has 0 saturated carbocycles. The van der Waals surface area contributed by atoms with Gasteiger partial charge in [0, 0.05) is 13.1 Å². The number of hydrogen-bond acceptors (Lipinski definition) is 5. The lowest BCUT2D eigenvalue weighted by atomic mass is 10.2. The van der Waals surface area contributed by atoms with E-state index in [-0.39, 0.29) is 11.3 Å². The van der Waals surface area contributed by atoms with Gasteiger partial charge in [0.25, 0.3) is 0 Å². The number of nitrogens with zero attached hydrogens (tertiary/aromatic N) is 2. The summed E-state index contributed by atoms with van der Waals surface area (Å²) >= 11 is 0. The van der Waals surface area contributed by atoms with E-state index in [1.54, 1.807) is 30.5 Å². The zero-order valence-electron chi connectivity index (χ0n) is 14.7. The summed E-state index contributed by atoms with van der Waals surface area (Å²) in [6.07, 6.45) is 5.33. The minimum atomic E-state index is -0.767. The van der Waals surface area contributed by atoms with E-state index in [4.69, 9.17) is 9.47 Å². The predicted molar refractivity (Wildman–Crippen MR) is 97.4 cm³/mol. The summed E-state index contributed by atoms with van der Waals surface area (Å²) in [6, 6.07) is 10.8. The number of hydrazone groups is 1. The largest absolute Gasteiger partial charge is 0.493 e. The highest BCUT2D eigenvalue weighted by atomic mass is 19.1. The van der Waals surface area contributed by atoms with E-state index in [9.17, 15) is 9.18 Å². The standard InChI is InChI=1S/C20H21FN2O3/c1-25-19-13-15(14-22-23-11-5-2-6-12-23)9-10-18(19)26-20(24)16-7-3-4-8-17(16)21/h3-4,7-10,13-14H,2,5-6,11-12H2,1H3/b22-14+. The Bertz CT molecular complexity index is 801. The Balaban J connectivity index is 1.73. The summed E-state index contributed by atoms with van der Waals surface area (Å²) in [5.41, 5.74) is 0.711. The topological polar surface area (TPSA) is 51.1 Å². The van der Waals surface area contributed by atoms with Crippen LogP contribution in [0.15, 0.2) is 47.6 Å². The van der Waals surface area contributed by atoms with Crippen molar-refractivity contribution in [1.29, 1.82) is 0 Å². The Morgan fingerprint density at radius 1 is 1.12 bits per heavy atom. The van der Waals surface area contributed by atoms with Crippen molar-refractivity contribution in [2.24, 2.45) is 5.10 Å². The monoisotopic (exact) mass is 356 g/mol. The number of methoxy groups -OCH3 is 1. The smallest absolute Gasteiger partial charge is 0.346 e. The van der Waals surface area contributed by atoms with Gasteiger partial charge in [0.05, 0.1) is 18.9 Å². The van der Waals surface area contributed by atoms with Crippen LogP contribution in [0.3, 0.4) is 0 Å². The molecule has 6 heteroatoms. The third kappa shape index (κ3) is 4.39. The molecule has 5 nitrogen and oxygen atoms in total. The maximum Gasteiger partial charge on any atom is 0.346 e. The van der Waals surface area contributed by atoms with Crippen molar-refractivity contribution in [2.75, 3.05) is 20.2 Å². The van der Waals surface area contributed by atoms with Crippen LogP contribution in [0, 0.1) is 5.82 Å².